The van der Waals surface area contributed by atoms with Crippen molar-refractivity contribution in [3.63, 3.8) is 0 Å². The Labute approximate surface area is 140 Å². The number of halogens is 3. The van der Waals surface area contributed by atoms with Crippen LogP contribution in [0.4, 0.5) is 4.39 Å². The van der Waals surface area contributed by atoms with Gasteiger partial charge in [0, 0.05) is 6.08 Å². The summed E-state index contributed by atoms with van der Waals surface area (Å²) in [6, 6.07) is 9.36. The van der Waals surface area contributed by atoms with E-state index in [1.165, 1.54) is 18.2 Å². The van der Waals surface area contributed by atoms with Crippen LogP contribution >= 0.6 is 27.5 Å². The molecule has 0 heterocycles. The molecule has 22 heavy (non-hydrogen) atoms. The van der Waals surface area contributed by atoms with Crippen molar-refractivity contribution < 1.29 is 19.0 Å². The van der Waals surface area contributed by atoms with Gasteiger partial charge in [-0.3, -0.25) is 0 Å². The summed E-state index contributed by atoms with van der Waals surface area (Å²) in [6.45, 7) is 0.167. The van der Waals surface area contributed by atoms with Crippen LogP contribution in [0.3, 0.4) is 0 Å². The van der Waals surface area contributed by atoms with Gasteiger partial charge in [0.25, 0.3) is 0 Å². The lowest BCUT2D eigenvalue weighted by molar-refractivity contribution is -0.131. The minimum atomic E-state index is -1.04. The summed E-state index contributed by atoms with van der Waals surface area (Å²) in [7, 11) is 0. The van der Waals surface area contributed by atoms with E-state index in [2.05, 4.69) is 15.9 Å². The van der Waals surface area contributed by atoms with Gasteiger partial charge in [-0.1, -0.05) is 23.7 Å². The average molecular weight is 386 g/mol. The van der Waals surface area contributed by atoms with Crippen LogP contribution in [0.15, 0.2) is 46.9 Å². The Kier molecular flexibility index (Phi) is 5.57. The van der Waals surface area contributed by atoms with Crippen LogP contribution in [0.2, 0.25) is 5.02 Å². The number of aliphatic carboxylic acids is 1. The largest absolute Gasteiger partial charge is 0.486 e. The quantitative estimate of drug-likeness (QED) is 0.743. The number of carboxylic acid groups (broad SMARTS) is 1. The molecule has 0 atom stereocenters. The predicted molar refractivity (Wildman–Crippen MR) is 86.6 cm³/mol. The summed E-state index contributed by atoms with van der Waals surface area (Å²) < 4.78 is 19.3. The molecule has 0 aromatic heterocycles. The fourth-order valence-electron chi connectivity index (χ4n) is 1.76. The van der Waals surface area contributed by atoms with E-state index in [1.54, 1.807) is 24.3 Å². The van der Waals surface area contributed by atoms with Crippen LogP contribution in [0, 0.1) is 5.82 Å². The van der Waals surface area contributed by atoms with Crippen LogP contribution in [0.5, 0.6) is 5.75 Å². The minimum absolute atomic E-state index is 0.167. The second kappa shape index (κ2) is 7.42. The van der Waals surface area contributed by atoms with Crippen molar-refractivity contribution >= 4 is 39.6 Å². The Balaban J connectivity index is 2.16. The summed E-state index contributed by atoms with van der Waals surface area (Å²) >= 11 is 9.47. The van der Waals surface area contributed by atoms with Crippen molar-refractivity contribution in [2.24, 2.45) is 0 Å². The van der Waals surface area contributed by atoms with Gasteiger partial charge in [0.1, 0.15) is 12.4 Å². The first kappa shape index (κ1) is 16.5. The number of carboxylic acids is 1. The minimum Gasteiger partial charge on any atom is -0.486 e. The van der Waals surface area contributed by atoms with Gasteiger partial charge < -0.3 is 9.84 Å². The van der Waals surface area contributed by atoms with Crippen molar-refractivity contribution in [1.82, 2.24) is 0 Å². The monoisotopic (exact) mass is 384 g/mol. The van der Waals surface area contributed by atoms with Gasteiger partial charge in [-0.25, -0.2) is 9.18 Å². The van der Waals surface area contributed by atoms with Gasteiger partial charge in [0.2, 0.25) is 0 Å². The fraction of sp³-hybridized carbons (Fsp3) is 0.0625. The third kappa shape index (κ3) is 4.58. The van der Waals surface area contributed by atoms with E-state index in [4.69, 9.17) is 21.4 Å². The molecule has 0 unspecified atom stereocenters. The molecular formula is C16H11BrClFO3. The zero-order valence-corrected chi connectivity index (χ0v) is 13.6. The molecule has 2 aromatic carbocycles. The molecular weight excluding hydrogens is 375 g/mol. The lowest BCUT2D eigenvalue weighted by Gasteiger charge is -2.11. The molecule has 0 aliphatic carbocycles. The lowest BCUT2D eigenvalue weighted by atomic mass is 10.2. The Morgan fingerprint density at radius 3 is 2.77 bits per heavy atom. The molecule has 6 heteroatoms. The molecule has 1 N–H and O–H groups in total. The number of rotatable bonds is 5. The van der Waals surface area contributed by atoms with Crippen molar-refractivity contribution in [2.45, 2.75) is 6.61 Å². The van der Waals surface area contributed by atoms with Gasteiger partial charge in [0.15, 0.2) is 5.75 Å². The standard InChI is InChI=1S/C16H11BrClFO3/c17-13-7-10(4-5-15(20)21)8-14(18)16(13)22-9-11-2-1-3-12(19)6-11/h1-8H,9H2,(H,20,21). The smallest absolute Gasteiger partial charge is 0.328 e. The SMILES string of the molecule is O=C(O)C=Cc1cc(Cl)c(OCc2cccc(F)c2)c(Br)c1. The van der Waals surface area contributed by atoms with Crippen LogP contribution in [0.1, 0.15) is 11.1 Å². The predicted octanol–water partition coefficient (Wildman–Crippen LogP) is 4.92. The molecule has 0 radical (unpaired) electrons. The summed E-state index contributed by atoms with van der Waals surface area (Å²) in [5, 5.41) is 8.94. The molecule has 2 rings (SSSR count). The Morgan fingerprint density at radius 2 is 2.14 bits per heavy atom. The number of benzene rings is 2. The fourth-order valence-corrected chi connectivity index (χ4v) is 2.75. The first-order chi connectivity index (χ1) is 10.5. The summed E-state index contributed by atoms with van der Waals surface area (Å²) in [5.74, 6) is -0.961. The van der Waals surface area contributed by atoms with Crippen LogP contribution in [-0.4, -0.2) is 11.1 Å². The van der Waals surface area contributed by atoms with Gasteiger partial charge in [-0.2, -0.15) is 0 Å². The van der Waals surface area contributed by atoms with Gasteiger partial charge in [-0.15, -0.1) is 0 Å². The van der Waals surface area contributed by atoms with E-state index in [0.29, 0.717) is 26.4 Å². The van der Waals surface area contributed by atoms with E-state index < -0.39 is 5.97 Å². The van der Waals surface area contributed by atoms with Gasteiger partial charge >= 0.3 is 5.97 Å². The second-order valence-corrected chi connectivity index (χ2v) is 5.67. The molecule has 0 saturated carbocycles. The molecule has 0 amide bonds. The van der Waals surface area contributed by atoms with Crippen molar-refractivity contribution in [2.75, 3.05) is 0 Å². The maximum Gasteiger partial charge on any atom is 0.328 e. The van der Waals surface area contributed by atoms with E-state index in [1.807, 2.05) is 0 Å². The Hall–Kier alpha value is -1.85. The summed E-state index contributed by atoms with van der Waals surface area (Å²) in [5.41, 5.74) is 1.30. The Bertz CT molecular complexity index is 708. The van der Waals surface area contributed by atoms with Crippen LogP contribution in [0.25, 0.3) is 6.08 Å². The maximum absolute atomic E-state index is 13.1. The molecule has 0 spiro atoms. The van der Waals surface area contributed by atoms with E-state index in [9.17, 15) is 9.18 Å². The molecule has 0 fully saturated rings. The maximum atomic E-state index is 13.1. The summed E-state index contributed by atoms with van der Waals surface area (Å²) in [6.07, 6.45) is 2.45. The number of hydrogen-bond donors (Lipinski definition) is 1. The topological polar surface area (TPSA) is 46.5 Å². The van der Waals surface area contributed by atoms with E-state index in [0.717, 1.165) is 6.08 Å². The van der Waals surface area contributed by atoms with Crippen molar-refractivity contribution in [1.29, 1.82) is 0 Å². The third-order valence-electron chi connectivity index (χ3n) is 2.71. The summed E-state index contributed by atoms with van der Waals surface area (Å²) in [4.78, 5) is 10.5. The van der Waals surface area contributed by atoms with Crippen LogP contribution < -0.4 is 4.74 Å². The highest BCUT2D eigenvalue weighted by Gasteiger charge is 2.09. The molecule has 0 saturated heterocycles. The zero-order valence-electron chi connectivity index (χ0n) is 11.2. The van der Waals surface area contributed by atoms with E-state index in [-0.39, 0.29) is 12.4 Å². The number of carbonyl (C=O) groups is 1. The lowest BCUT2D eigenvalue weighted by Crippen LogP contribution is -1.97. The zero-order chi connectivity index (χ0) is 16.1. The molecule has 0 aliphatic heterocycles. The first-order valence-corrected chi connectivity index (χ1v) is 7.40. The Morgan fingerprint density at radius 1 is 1.36 bits per heavy atom. The normalized spacial score (nSPS) is 10.9. The van der Waals surface area contributed by atoms with Crippen LogP contribution in [-0.2, 0) is 11.4 Å². The van der Waals surface area contributed by atoms with E-state index >= 15 is 0 Å². The average Bonchev–Trinajstić information content (AvgIpc) is 2.44. The highest BCUT2D eigenvalue weighted by atomic mass is 79.9. The highest BCUT2D eigenvalue weighted by molar-refractivity contribution is 9.10. The molecule has 3 nitrogen and oxygen atoms in total. The molecule has 0 bridgehead atoms. The molecule has 114 valence electrons. The van der Waals surface area contributed by atoms with Gasteiger partial charge in [-0.05, 0) is 57.4 Å². The first-order valence-electron chi connectivity index (χ1n) is 6.23. The van der Waals surface area contributed by atoms with Gasteiger partial charge in [0.05, 0.1) is 9.50 Å². The molecule has 2 aromatic rings. The number of hydrogen-bond acceptors (Lipinski definition) is 2. The second-order valence-electron chi connectivity index (χ2n) is 4.40. The molecule has 0 aliphatic rings. The van der Waals surface area contributed by atoms with Crippen molar-refractivity contribution in [3.05, 3.63) is 68.9 Å². The third-order valence-corrected chi connectivity index (χ3v) is 3.58. The number of ether oxygens (including phenoxy) is 1. The highest BCUT2D eigenvalue weighted by Crippen LogP contribution is 2.35. The van der Waals surface area contributed by atoms with Crippen molar-refractivity contribution in [3.8, 4) is 5.75 Å².